The van der Waals surface area contributed by atoms with Crippen LogP contribution in [0.25, 0.3) is 0 Å². The predicted molar refractivity (Wildman–Crippen MR) is 85.1 cm³/mol. The number of amides is 1. The normalized spacial score (nSPS) is 22.3. The van der Waals surface area contributed by atoms with Crippen LogP contribution in [0.1, 0.15) is 45.4 Å². The van der Waals surface area contributed by atoms with E-state index in [1.54, 1.807) is 12.1 Å². The Hall–Kier alpha value is -1.71. The molecule has 1 aliphatic carbocycles. The van der Waals surface area contributed by atoms with Crippen LogP contribution >= 0.6 is 0 Å². The molecule has 1 aliphatic rings. The minimum Gasteiger partial charge on any atom is -0.493 e. The van der Waals surface area contributed by atoms with Crippen molar-refractivity contribution in [1.82, 2.24) is 5.32 Å². The van der Waals surface area contributed by atoms with Crippen LogP contribution in [0.3, 0.4) is 0 Å². The summed E-state index contributed by atoms with van der Waals surface area (Å²) in [5.74, 6) is 1.63. The zero-order valence-corrected chi connectivity index (χ0v) is 12.8. The number of carbonyl (C=O) groups excluding carboxylic acids is 1. The van der Waals surface area contributed by atoms with Crippen LogP contribution in [0.15, 0.2) is 24.3 Å². The van der Waals surface area contributed by atoms with Gasteiger partial charge in [-0.25, -0.2) is 0 Å². The van der Waals surface area contributed by atoms with Crippen molar-refractivity contribution >= 4 is 11.6 Å². The standard InChI is InChI=1S/C17H26N2O2/c1-13-3-2-4-15(8-5-13)19-17(20)11-12-21-16-9-6-14(18)7-10-16/h6-7,9-10,13,15H,2-5,8,11-12,18H2,1H3,(H,19,20). The van der Waals surface area contributed by atoms with E-state index in [9.17, 15) is 4.79 Å². The molecule has 0 bridgehead atoms. The highest BCUT2D eigenvalue weighted by molar-refractivity contribution is 5.76. The van der Waals surface area contributed by atoms with Crippen LogP contribution in [-0.2, 0) is 4.79 Å². The number of hydrogen-bond donors (Lipinski definition) is 2. The van der Waals surface area contributed by atoms with Gasteiger partial charge >= 0.3 is 0 Å². The van der Waals surface area contributed by atoms with Gasteiger partial charge in [-0.3, -0.25) is 4.79 Å². The van der Waals surface area contributed by atoms with Gasteiger partial charge in [0, 0.05) is 11.7 Å². The van der Waals surface area contributed by atoms with Gasteiger partial charge in [0.2, 0.25) is 5.91 Å². The molecule has 3 N–H and O–H groups in total. The van der Waals surface area contributed by atoms with Crippen LogP contribution in [0.2, 0.25) is 0 Å². The first-order valence-electron chi connectivity index (χ1n) is 7.91. The third kappa shape index (κ3) is 5.66. The second-order valence-corrected chi connectivity index (χ2v) is 6.05. The summed E-state index contributed by atoms with van der Waals surface area (Å²) in [5, 5.41) is 3.14. The summed E-state index contributed by atoms with van der Waals surface area (Å²) in [7, 11) is 0. The summed E-state index contributed by atoms with van der Waals surface area (Å²) in [4.78, 5) is 11.9. The average Bonchev–Trinajstić information content (AvgIpc) is 2.66. The molecule has 116 valence electrons. The Morgan fingerprint density at radius 3 is 2.76 bits per heavy atom. The van der Waals surface area contributed by atoms with Crippen molar-refractivity contribution in [2.75, 3.05) is 12.3 Å². The van der Waals surface area contributed by atoms with Gasteiger partial charge in [-0.05, 0) is 49.4 Å². The molecule has 2 rings (SSSR count). The summed E-state index contributed by atoms with van der Waals surface area (Å²) in [6.07, 6.45) is 6.32. The van der Waals surface area contributed by atoms with Crippen LogP contribution in [-0.4, -0.2) is 18.6 Å². The van der Waals surface area contributed by atoms with E-state index in [-0.39, 0.29) is 5.91 Å². The number of hydrogen-bond acceptors (Lipinski definition) is 3. The molecule has 1 amide bonds. The number of anilines is 1. The molecule has 0 heterocycles. The molecule has 1 saturated carbocycles. The largest absolute Gasteiger partial charge is 0.493 e. The van der Waals surface area contributed by atoms with E-state index in [0.717, 1.165) is 24.5 Å². The summed E-state index contributed by atoms with van der Waals surface area (Å²) < 4.78 is 5.55. The summed E-state index contributed by atoms with van der Waals surface area (Å²) in [6.45, 7) is 2.70. The fraction of sp³-hybridized carbons (Fsp3) is 0.588. The van der Waals surface area contributed by atoms with Gasteiger partial charge in [-0.1, -0.05) is 19.8 Å². The number of benzene rings is 1. The summed E-state index contributed by atoms with van der Waals surface area (Å²) >= 11 is 0. The Balaban J connectivity index is 1.66. The van der Waals surface area contributed by atoms with E-state index < -0.39 is 0 Å². The van der Waals surface area contributed by atoms with Crippen molar-refractivity contribution in [2.45, 2.75) is 51.5 Å². The maximum atomic E-state index is 11.9. The van der Waals surface area contributed by atoms with Gasteiger partial charge in [0.15, 0.2) is 0 Å². The van der Waals surface area contributed by atoms with Gasteiger partial charge in [0.1, 0.15) is 5.75 Å². The smallest absolute Gasteiger partial charge is 0.223 e. The molecule has 0 saturated heterocycles. The van der Waals surface area contributed by atoms with Gasteiger partial charge in [-0.2, -0.15) is 0 Å². The minimum absolute atomic E-state index is 0.0880. The molecule has 1 fully saturated rings. The number of ether oxygens (including phenoxy) is 1. The van der Waals surface area contributed by atoms with Crippen LogP contribution in [0.5, 0.6) is 5.75 Å². The lowest BCUT2D eigenvalue weighted by Gasteiger charge is -2.16. The van der Waals surface area contributed by atoms with Crippen molar-refractivity contribution < 1.29 is 9.53 Å². The van der Waals surface area contributed by atoms with E-state index in [1.807, 2.05) is 12.1 Å². The third-order valence-electron chi connectivity index (χ3n) is 4.10. The first kappa shape index (κ1) is 15.7. The van der Waals surface area contributed by atoms with E-state index in [0.29, 0.717) is 24.8 Å². The Morgan fingerprint density at radius 2 is 2.00 bits per heavy atom. The molecule has 2 unspecified atom stereocenters. The van der Waals surface area contributed by atoms with Crippen molar-refractivity contribution in [3.63, 3.8) is 0 Å². The van der Waals surface area contributed by atoms with Crippen molar-refractivity contribution in [2.24, 2.45) is 5.92 Å². The summed E-state index contributed by atoms with van der Waals surface area (Å²) in [6, 6.07) is 7.57. The zero-order chi connectivity index (χ0) is 15.1. The van der Waals surface area contributed by atoms with Crippen molar-refractivity contribution in [1.29, 1.82) is 0 Å². The highest BCUT2D eigenvalue weighted by Gasteiger charge is 2.17. The number of carbonyl (C=O) groups is 1. The molecule has 0 spiro atoms. The highest BCUT2D eigenvalue weighted by Crippen LogP contribution is 2.22. The predicted octanol–water partition coefficient (Wildman–Crippen LogP) is 3.12. The Morgan fingerprint density at radius 1 is 1.24 bits per heavy atom. The minimum atomic E-state index is 0.0880. The number of nitrogens with one attached hydrogen (secondary N) is 1. The van der Waals surface area contributed by atoms with Crippen LogP contribution in [0.4, 0.5) is 5.69 Å². The Bertz CT molecular complexity index is 445. The lowest BCUT2D eigenvalue weighted by atomic mass is 10.0. The zero-order valence-electron chi connectivity index (χ0n) is 12.8. The molecule has 1 aromatic carbocycles. The molecule has 0 aromatic heterocycles. The molecule has 4 heteroatoms. The fourth-order valence-corrected chi connectivity index (χ4v) is 2.76. The first-order chi connectivity index (χ1) is 10.1. The second kappa shape index (κ2) is 7.91. The number of nitrogen functional groups attached to an aromatic ring is 1. The lowest BCUT2D eigenvalue weighted by Crippen LogP contribution is -2.35. The first-order valence-corrected chi connectivity index (χ1v) is 7.91. The Labute approximate surface area is 127 Å². The second-order valence-electron chi connectivity index (χ2n) is 6.05. The van der Waals surface area contributed by atoms with Crippen molar-refractivity contribution in [3.05, 3.63) is 24.3 Å². The molecule has 4 nitrogen and oxygen atoms in total. The van der Waals surface area contributed by atoms with Gasteiger partial charge in [-0.15, -0.1) is 0 Å². The maximum absolute atomic E-state index is 11.9. The fourth-order valence-electron chi connectivity index (χ4n) is 2.76. The van der Waals surface area contributed by atoms with E-state index in [2.05, 4.69) is 12.2 Å². The van der Waals surface area contributed by atoms with Crippen LogP contribution < -0.4 is 15.8 Å². The molecular weight excluding hydrogens is 264 g/mol. The number of rotatable bonds is 5. The Kier molecular flexibility index (Phi) is 5.90. The third-order valence-corrected chi connectivity index (χ3v) is 4.10. The highest BCUT2D eigenvalue weighted by atomic mass is 16.5. The van der Waals surface area contributed by atoms with Crippen LogP contribution in [0, 0.1) is 5.92 Å². The van der Waals surface area contributed by atoms with Crippen molar-refractivity contribution in [3.8, 4) is 5.75 Å². The van der Waals surface area contributed by atoms with Gasteiger partial charge in [0.25, 0.3) is 0 Å². The molecular formula is C17H26N2O2. The monoisotopic (exact) mass is 290 g/mol. The van der Waals surface area contributed by atoms with E-state index >= 15 is 0 Å². The molecule has 2 atom stereocenters. The lowest BCUT2D eigenvalue weighted by molar-refractivity contribution is -0.122. The average molecular weight is 290 g/mol. The molecule has 0 aliphatic heterocycles. The SMILES string of the molecule is CC1CCCC(NC(=O)CCOc2ccc(N)cc2)CC1. The summed E-state index contributed by atoms with van der Waals surface area (Å²) in [5.41, 5.74) is 6.32. The molecule has 21 heavy (non-hydrogen) atoms. The van der Waals surface area contributed by atoms with E-state index in [1.165, 1.54) is 19.3 Å². The number of nitrogens with two attached hydrogens (primary N) is 1. The molecule has 0 radical (unpaired) electrons. The van der Waals surface area contributed by atoms with Gasteiger partial charge < -0.3 is 15.8 Å². The topological polar surface area (TPSA) is 64.3 Å². The van der Waals surface area contributed by atoms with E-state index in [4.69, 9.17) is 10.5 Å². The van der Waals surface area contributed by atoms with Gasteiger partial charge in [0.05, 0.1) is 13.0 Å². The molecule has 1 aromatic rings. The maximum Gasteiger partial charge on any atom is 0.223 e. The quantitative estimate of drug-likeness (QED) is 0.647.